The summed E-state index contributed by atoms with van der Waals surface area (Å²) in [4.78, 5) is 39.4. The van der Waals surface area contributed by atoms with Crippen LogP contribution < -0.4 is 16.6 Å². The van der Waals surface area contributed by atoms with Crippen molar-refractivity contribution >= 4 is 23.1 Å². The van der Waals surface area contributed by atoms with Gasteiger partial charge in [-0.05, 0) is 13.8 Å². The zero-order chi connectivity index (χ0) is 16.6. The van der Waals surface area contributed by atoms with E-state index < -0.39 is 17.2 Å². The van der Waals surface area contributed by atoms with Crippen LogP contribution in [-0.2, 0) is 18.9 Å². The zero-order valence-corrected chi connectivity index (χ0v) is 13.0. The van der Waals surface area contributed by atoms with Gasteiger partial charge in [0.2, 0.25) is 5.95 Å². The highest BCUT2D eigenvalue weighted by atomic mass is 16.4. The molecule has 2 aromatic heterocycles. The Kier molecular flexibility index (Phi) is 4.07. The van der Waals surface area contributed by atoms with Crippen molar-refractivity contribution in [3.8, 4) is 0 Å². The maximum Gasteiger partial charge on any atom is 0.332 e. The van der Waals surface area contributed by atoms with E-state index in [4.69, 9.17) is 5.11 Å². The Hall–Kier alpha value is -2.58. The van der Waals surface area contributed by atoms with Crippen molar-refractivity contribution in [1.82, 2.24) is 18.7 Å². The SMILES string of the molecule is CC(C)n1c(=O)n(C)c(=O)c2c1nc(NCCC(=O)O)n2C. The van der Waals surface area contributed by atoms with Crippen molar-refractivity contribution in [2.45, 2.75) is 26.3 Å². The third-order valence-electron chi connectivity index (χ3n) is 3.44. The summed E-state index contributed by atoms with van der Waals surface area (Å²) in [6.07, 6.45) is -0.0712. The van der Waals surface area contributed by atoms with E-state index in [0.717, 1.165) is 4.57 Å². The Morgan fingerprint density at radius 3 is 2.45 bits per heavy atom. The number of rotatable bonds is 5. The van der Waals surface area contributed by atoms with Gasteiger partial charge >= 0.3 is 11.7 Å². The van der Waals surface area contributed by atoms with Crippen LogP contribution in [0.2, 0.25) is 0 Å². The van der Waals surface area contributed by atoms with Gasteiger partial charge in [-0.3, -0.25) is 18.7 Å². The van der Waals surface area contributed by atoms with E-state index in [0.29, 0.717) is 17.1 Å². The Morgan fingerprint density at radius 1 is 1.27 bits per heavy atom. The fourth-order valence-corrected chi connectivity index (χ4v) is 2.29. The van der Waals surface area contributed by atoms with E-state index in [1.54, 1.807) is 7.05 Å². The highest BCUT2D eigenvalue weighted by molar-refractivity contribution is 5.74. The number of hydrogen-bond donors (Lipinski definition) is 2. The van der Waals surface area contributed by atoms with Gasteiger partial charge < -0.3 is 15.0 Å². The number of nitrogens with zero attached hydrogens (tertiary/aromatic N) is 4. The van der Waals surface area contributed by atoms with Crippen LogP contribution in [-0.4, -0.2) is 36.3 Å². The summed E-state index contributed by atoms with van der Waals surface area (Å²) in [6, 6.07) is -0.163. The number of hydrogen-bond acceptors (Lipinski definition) is 5. The van der Waals surface area contributed by atoms with E-state index in [2.05, 4.69) is 10.3 Å². The van der Waals surface area contributed by atoms with E-state index in [1.165, 1.54) is 16.2 Å². The predicted molar refractivity (Wildman–Crippen MR) is 81.3 cm³/mol. The maximum atomic E-state index is 12.3. The lowest BCUT2D eigenvalue weighted by molar-refractivity contribution is -0.136. The molecule has 2 aromatic rings. The molecule has 0 saturated heterocycles. The molecular formula is C13H19N5O4. The average molecular weight is 309 g/mol. The molecule has 0 aliphatic rings. The van der Waals surface area contributed by atoms with Gasteiger partial charge in [-0.2, -0.15) is 4.98 Å². The summed E-state index contributed by atoms with van der Waals surface area (Å²) in [5, 5.41) is 11.5. The van der Waals surface area contributed by atoms with Crippen LogP contribution in [0, 0.1) is 0 Å². The quantitative estimate of drug-likeness (QED) is 0.798. The van der Waals surface area contributed by atoms with Gasteiger partial charge in [-0.15, -0.1) is 0 Å². The molecule has 2 heterocycles. The molecule has 0 radical (unpaired) electrons. The van der Waals surface area contributed by atoms with Crippen molar-refractivity contribution in [1.29, 1.82) is 0 Å². The molecule has 0 fully saturated rings. The van der Waals surface area contributed by atoms with Gasteiger partial charge in [0, 0.05) is 26.7 Å². The summed E-state index contributed by atoms with van der Waals surface area (Å²) in [7, 11) is 3.07. The standard InChI is InChI=1S/C13H19N5O4/c1-7(2)18-10-9(11(21)17(4)13(18)22)16(3)12(15-10)14-6-5-8(19)20/h7H,5-6H2,1-4H3,(H,14,15)(H,19,20). The lowest BCUT2D eigenvalue weighted by Crippen LogP contribution is -2.39. The molecule has 120 valence electrons. The molecule has 0 aromatic carbocycles. The fraction of sp³-hybridized carbons (Fsp3) is 0.538. The Labute approximate surface area is 125 Å². The van der Waals surface area contributed by atoms with Crippen molar-refractivity contribution < 1.29 is 9.90 Å². The highest BCUT2D eigenvalue weighted by Gasteiger charge is 2.19. The number of nitrogens with one attached hydrogen (secondary N) is 1. The third kappa shape index (κ3) is 2.49. The van der Waals surface area contributed by atoms with Crippen LogP contribution in [0.15, 0.2) is 9.59 Å². The van der Waals surface area contributed by atoms with E-state index in [-0.39, 0.29) is 19.0 Å². The topological polar surface area (TPSA) is 111 Å². The molecule has 22 heavy (non-hydrogen) atoms. The number of carboxylic acid groups (broad SMARTS) is 1. The second kappa shape index (κ2) is 5.66. The number of aliphatic carboxylic acids is 1. The molecule has 2 N–H and O–H groups in total. The molecule has 0 bridgehead atoms. The Balaban J connectivity index is 2.65. The first-order valence-corrected chi connectivity index (χ1v) is 6.89. The van der Waals surface area contributed by atoms with Crippen molar-refractivity contribution in [3.63, 3.8) is 0 Å². The summed E-state index contributed by atoms with van der Waals surface area (Å²) < 4.78 is 4.03. The van der Waals surface area contributed by atoms with Gasteiger partial charge in [-0.25, -0.2) is 4.79 Å². The number of carbonyl (C=O) groups is 1. The number of anilines is 1. The average Bonchev–Trinajstić information content (AvgIpc) is 2.73. The zero-order valence-electron chi connectivity index (χ0n) is 13.0. The Bertz CT molecular complexity index is 843. The van der Waals surface area contributed by atoms with Crippen molar-refractivity contribution in [2.75, 3.05) is 11.9 Å². The first-order chi connectivity index (χ1) is 10.3. The number of carboxylic acids is 1. The monoisotopic (exact) mass is 309 g/mol. The van der Waals surface area contributed by atoms with Crippen LogP contribution in [0.4, 0.5) is 5.95 Å². The fourth-order valence-electron chi connectivity index (χ4n) is 2.29. The van der Waals surface area contributed by atoms with Gasteiger partial charge in [0.05, 0.1) is 6.42 Å². The lowest BCUT2D eigenvalue weighted by atomic mass is 10.3. The van der Waals surface area contributed by atoms with Gasteiger partial charge in [0.15, 0.2) is 11.2 Å². The normalized spacial score (nSPS) is 11.3. The van der Waals surface area contributed by atoms with Gasteiger partial charge in [-0.1, -0.05) is 0 Å². The van der Waals surface area contributed by atoms with Gasteiger partial charge in [0.1, 0.15) is 0 Å². The van der Waals surface area contributed by atoms with Crippen LogP contribution in [0.25, 0.3) is 11.2 Å². The molecule has 0 unspecified atom stereocenters. The second-order valence-corrected chi connectivity index (χ2v) is 5.35. The largest absolute Gasteiger partial charge is 0.481 e. The third-order valence-corrected chi connectivity index (χ3v) is 3.44. The van der Waals surface area contributed by atoms with Crippen LogP contribution in [0.1, 0.15) is 26.3 Å². The summed E-state index contributed by atoms with van der Waals surface area (Å²) in [6.45, 7) is 3.84. The molecule has 9 heteroatoms. The van der Waals surface area contributed by atoms with Crippen molar-refractivity contribution in [3.05, 3.63) is 20.8 Å². The number of aromatic nitrogens is 4. The molecule has 2 rings (SSSR count). The Morgan fingerprint density at radius 2 is 1.91 bits per heavy atom. The molecule has 0 atom stereocenters. The summed E-state index contributed by atoms with van der Waals surface area (Å²) in [5.41, 5.74) is -0.266. The number of aryl methyl sites for hydroxylation is 1. The molecule has 0 aliphatic heterocycles. The second-order valence-electron chi connectivity index (χ2n) is 5.35. The summed E-state index contributed by atoms with van der Waals surface area (Å²) >= 11 is 0. The number of imidazole rings is 1. The first-order valence-electron chi connectivity index (χ1n) is 6.89. The minimum Gasteiger partial charge on any atom is -0.481 e. The smallest absolute Gasteiger partial charge is 0.332 e. The van der Waals surface area contributed by atoms with Crippen LogP contribution >= 0.6 is 0 Å². The van der Waals surface area contributed by atoms with E-state index in [1.807, 2.05) is 13.8 Å². The molecule has 0 amide bonds. The highest BCUT2D eigenvalue weighted by Crippen LogP contribution is 2.16. The van der Waals surface area contributed by atoms with Crippen LogP contribution in [0.3, 0.4) is 0 Å². The van der Waals surface area contributed by atoms with Crippen LogP contribution in [0.5, 0.6) is 0 Å². The molecule has 0 saturated carbocycles. The van der Waals surface area contributed by atoms with Gasteiger partial charge in [0.25, 0.3) is 5.56 Å². The number of fused-ring (bicyclic) bond motifs is 1. The summed E-state index contributed by atoms with van der Waals surface area (Å²) in [5.74, 6) is -0.574. The molecule has 9 nitrogen and oxygen atoms in total. The first kappa shape index (κ1) is 15.8. The minimum atomic E-state index is -0.929. The molecular weight excluding hydrogens is 290 g/mol. The molecule has 0 spiro atoms. The van der Waals surface area contributed by atoms with E-state index in [9.17, 15) is 14.4 Å². The molecule has 0 aliphatic carbocycles. The minimum absolute atomic E-state index is 0.0712. The lowest BCUT2D eigenvalue weighted by Gasteiger charge is -2.11. The maximum absolute atomic E-state index is 12.3. The van der Waals surface area contributed by atoms with E-state index >= 15 is 0 Å². The van der Waals surface area contributed by atoms with Crippen molar-refractivity contribution in [2.24, 2.45) is 14.1 Å². The predicted octanol–water partition coefficient (Wildman–Crippen LogP) is -0.0988.